The van der Waals surface area contributed by atoms with Gasteiger partial charge in [0.05, 0.1) is 16.7 Å². The molecule has 0 saturated carbocycles. The summed E-state index contributed by atoms with van der Waals surface area (Å²) < 4.78 is 0. The quantitative estimate of drug-likeness (QED) is 0.546. The van der Waals surface area contributed by atoms with Crippen molar-refractivity contribution in [3.63, 3.8) is 0 Å². The number of hydrogen-bond acceptors (Lipinski definition) is 5. The number of non-ortho nitro benzene ring substituents is 1. The summed E-state index contributed by atoms with van der Waals surface area (Å²) in [5, 5.41) is 28.2. The Labute approximate surface area is 125 Å². The van der Waals surface area contributed by atoms with Crippen molar-refractivity contribution < 1.29 is 4.92 Å². The Bertz CT molecular complexity index is 877. The first-order chi connectivity index (χ1) is 10.7. The maximum atomic E-state index is 10.7. The van der Waals surface area contributed by atoms with Crippen molar-refractivity contribution in [2.24, 2.45) is 0 Å². The molecule has 0 N–H and O–H groups in total. The molecule has 106 valence electrons. The average Bonchev–Trinajstić information content (AvgIpc) is 3.04. The van der Waals surface area contributed by atoms with Crippen LogP contribution in [-0.4, -0.2) is 19.9 Å². The van der Waals surface area contributed by atoms with Gasteiger partial charge in [-0.1, -0.05) is 12.1 Å². The summed E-state index contributed by atoms with van der Waals surface area (Å²) in [5.74, 6) is 0. The molecule has 0 unspecified atom stereocenters. The molecule has 0 bridgehead atoms. The van der Waals surface area contributed by atoms with Crippen LogP contribution in [0.5, 0.6) is 0 Å². The molecule has 0 saturated heterocycles. The lowest BCUT2D eigenvalue weighted by molar-refractivity contribution is -0.384. The van der Waals surface area contributed by atoms with Gasteiger partial charge in [0.15, 0.2) is 0 Å². The van der Waals surface area contributed by atoms with Gasteiger partial charge in [-0.2, -0.15) is 10.4 Å². The maximum absolute atomic E-state index is 10.7. The average molecular weight is 291 g/mol. The number of nitro benzene ring substituents is 1. The SMILES string of the molecule is N#Cc1ccccc1-n1ncc(-c2ccc([N+](=O)[O-])cc2)n1. The van der Waals surface area contributed by atoms with Crippen LogP contribution >= 0.6 is 0 Å². The van der Waals surface area contributed by atoms with Gasteiger partial charge in [-0.3, -0.25) is 10.1 Å². The van der Waals surface area contributed by atoms with Crippen molar-refractivity contribution in [3.05, 3.63) is 70.4 Å². The lowest BCUT2D eigenvalue weighted by Crippen LogP contribution is -2.01. The second-order valence-corrected chi connectivity index (χ2v) is 4.45. The molecule has 0 atom stereocenters. The minimum Gasteiger partial charge on any atom is -0.258 e. The van der Waals surface area contributed by atoms with Crippen molar-refractivity contribution in [1.29, 1.82) is 5.26 Å². The van der Waals surface area contributed by atoms with Gasteiger partial charge in [-0.05, 0) is 24.3 Å². The van der Waals surface area contributed by atoms with E-state index < -0.39 is 4.92 Å². The molecular weight excluding hydrogens is 282 g/mol. The van der Waals surface area contributed by atoms with Crippen molar-refractivity contribution in [2.75, 3.05) is 0 Å². The minimum absolute atomic E-state index is 0.0194. The van der Waals surface area contributed by atoms with Gasteiger partial charge >= 0.3 is 0 Å². The second kappa shape index (κ2) is 5.46. The van der Waals surface area contributed by atoms with E-state index in [9.17, 15) is 10.1 Å². The largest absolute Gasteiger partial charge is 0.269 e. The van der Waals surface area contributed by atoms with E-state index in [0.29, 0.717) is 22.5 Å². The van der Waals surface area contributed by atoms with E-state index in [0.717, 1.165) is 0 Å². The number of hydrogen-bond donors (Lipinski definition) is 0. The van der Waals surface area contributed by atoms with Crippen molar-refractivity contribution in [1.82, 2.24) is 15.0 Å². The molecule has 22 heavy (non-hydrogen) atoms. The van der Waals surface area contributed by atoms with Gasteiger partial charge in [0, 0.05) is 17.7 Å². The van der Waals surface area contributed by atoms with Crippen LogP contribution in [0.4, 0.5) is 5.69 Å². The fourth-order valence-corrected chi connectivity index (χ4v) is 2.01. The van der Waals surface area contributed by atoms with Crippen LogP contribution in [-0.2, 0) is 0 Å². The Morgan fingerprint density at radius 2 is 1.86 bits per heavy atom. The fraction of sp³-hybridized carbons (Fsp3) is 0. The van der Waals surface area contributed by atoms with Gasteiger partial charge in [-0.25, -0.2) is 0 Å². The summed E-state index contributed by atoms with van der Waals surface area (Å²) in [6.45, 7) is 0. The number of rotatable bonds is 3. The highest BCUT2D eigenvalue weighted by atomic mass is 16.6. The molecule has 0 spiro atoms. The zero-order valence-electron chi connectivity index (χ0n) is 11.2. The van der Waals surface area contributed by atoms with E-state index in [1.54, 1.807) is 42.6 Å². The molecule has 3 rings (SSSR count). The zero-order valence-corrected chi connectivity index (χ0v) is 11.2. The van der Waals surface area contributed by atoms with Crippen LogP contribution in [0.25, 0.3) is 16.9 Å². The van der Waals surface area contributed by atoms with Crippen LogP contribution in [0.15, 0.2) is 54.7 Å². The minimum atomic E-state index is -0.455. The summed E-state index contributed by atoms with van der Waals surface area (Å²) in [6.07, 6.45) is 1.55. The number of nitrogens with zero attached hydrogens (tertiary/aromatic N) is 5. The predicted octanol–water partition coefficient (Wildman–Crippen LogP) is 2.71. The van der Waals surface area contributed by atoms with Crippen LogP contribution < -0.4 is 0 Å². The molecule has 0 aliphatic carbocycles. The highest BCUT2D eigenvalue weighted by Crippen LogP contribution is 2.21. The van der Waals surface area contributed by atoms with E-state index >= 15 is 0 Å². The molecule has 0 amide bonds. The Morgan fingerprint density at radius 3 is 2.55 bits per heavy atom. The topological polar surface area (TPSA) is 97.6 Å². The van der Waals surface area contributed by atoms with E-state index in [1.165, 1.54) is 16.9 Å². The summed E-state index contributed by atoms with van der Waals surface area (Å²) in [5.41, 5.74) is 2.35. The van der Waals surface area contributed by atoms with Gasteiger partial charge in [0.2, 0.25) is 0 Å². The first-order valence-corrected chi connectivity index (χ1v) is 6.36. The predicted molar refractivity (Wildman–Crippen MR) is 78.2 cm³/mol. The Morgan fingerprint density at radius 1 is 1.14 bits per heavy atom. The molecule has 3 aromatic rings. The van der Waals surface area contributed by atoms with Crippen LogP contribution in [0.2, 0.25) is 0 Å². The van der Waals surface area contributed by atoms with Gasteiger partial charge in [0.1, 0.15) is 17.5 Å². The standard InChI is InChI=1S/C15H9N5O2/c16-9-12-3-1-2-4-15(12)19-17-10-14(18-19)11-5-7-13(8-6-11)20(21)22/h1-8,10H. The number of nitriles is 1. The lowest BCUT2D eigenvalue weighted by Gasteiger charge is -2.01. The van der Waals surface area contributed by atoms with E-state index in [-0.39, 0.29) is 5.69 Å². The van der Waals surface area contributed by atoms with Gasteiger partial charge in [-0.15, -0.1) is 9.90 Å². The highest BCUT2D eigenvalue weighted by Gasteiger charge is 2.10. The molecule has 2 aromatic carbocycles. The first-order valence-electron chi connectivity index (χ1n) is 6.36. The molecule has 7 nitrogen and oxygen atoms in total. The van der Waals surface area contributed by atoms with Gasteiger partial charge in [0.25, 0.3) is 5.69 Å². The summed E-state index contributed by atoms with van der Waals surface area (Å²) >= 11 is 0. The van der Waals surface area contributed by atoms with Gasteiger partial charge < -0.3 is 0 Å². The molecule has 1 heterocycles. The molecule has 7 heteroatoms. The smallest absolute Gasteiger partial charge is 0.258 e. The van der Waals surface area contributed by atoms with Crippen LogP contribution in [0, 0.1) is 21.4 Å². The summed E-state index contributed by atoms with van der Waals surface area (Å²) in [6, 6.07) is 15.1. The Balaban J connectivity index is 1.97. The lowest BCUT2D eigenvalue weighted by atomic mass is 10.1. The highest BCUT2D eigenvalue weighted by molar-refractivity contribution is 5.60. The number of aromatic nitrogens is 3. The molecule has 0 fully saturated rings. The summed E-state index contributed by atoms with van der Waals surface area (Å²) in [7, 11) is 0. The second-order valence-electron chi connectivity index (χ2n) is 4.45. The van der Waals surface area contributed by atoms with E-state index in [4.69, 9.17) is 5.26 Å². The molecule has 0 aliphatic heterocycles. The van der Waals surface area contributed by atoms with Crippen molar-refractivity contribution >= 4 is 5.69 Å². The Hall–Kier alpha value is -3.53. The fourth-order valence-electron chi connectivity index (χ4n) is 2.01. The maximum Gasteiger partial charge on any atom is 0.269 e. The van der Waals surface area contributed by atoms with Crippen LogP contribution in [0.3, 0.4) is 0 Å². The monoisotopic (exact) mass is 291 g/mol. The number of para-hydroxylation sites is 1. The number of nitro groups is 1. The third kappa shape index (κ3) is 2.41. The third-order valence-electron chi connectivity index (χ3n) is 3.11. The normalized spacial score (nSPS) is 10.1. The van der Waals surface area contributed by atoms with E-state index in [2.05, 4.69) is 16.3 Å². The van der Waals surface area contributed by atoms with E-state index in [1.807, 2.05) is 0 Å². The van der Waals surface area contributed by atoms with Crippen molar-refractivity contribution in [3.8, 4) is 23.0 Å². The van der Waals surface area contributed by atoms with Crippen molar-refractivity contribution in [2.45, 2.75) is 0 Å². The number of benzene rings is 2. The zero-order chi connectivity index (χ0) is 15.5. The molecule has 1 aromatic heterocycles. The van der Waals surface area contributed by atoms with Crippen LogP contribution in [0.1, 0.15) is 5.56 Å². The summed E-state index contributed by atoms with van der Waals surface area (Å²) in [4.78, 5) is 11.6. The molecule has 0 radical (unpaired) electrons. The third-order valence-corrected chi connectivity index (χ3v) is 3.11. The Kier molecular flexibility index (Phi) is 3.34. The molecule has 0 aliphatic rings. The molecular formula is C15H9N5O2. The first kappa shape index (κ1) is 13.5.